The van der Waals surface area contributed by atoms with Crippen LogP contribution >= 0.6 is 11.3 Å². The molecular formula is C46H29NOS. The van der Waals surface area contributed by atoms with Crippen molar-refractivity contribution >= 4 is 81.3 Å². The summed E-state index contributed by atoms with van der Waals surface area (Å²) < 4.78 is 168. The molecule has 0 unspecified atom stereocenters. The highest BCUT2D eigenvalue weighted by atomic mass is 32.1. The molecule has 0 saturated heterocycles. The Morgan fingerprint density at radius 2 is 1.22 bits per heavy atom. The van der Waals surface area contributed by atoms with E-state index >= 15 is 0 Å². The van der Waals surface area contributed by atoms with Gasteiger partial charge in [-0.3, -0.25) is 0 Å². The number of para-hydroxylation sites is 2. The first kappa shape index (κ1) is 15.4. The van der Waals surface area contributed by atoms with Gasteiger partial charge in [-0.05, 0) is 70.5 Å². The Labute approximate surface area is 313 Å². The van der Waals surface area contributed by atoms with Crippen LogP contribution in [0.1, 0.15) is 24.7 Å². The lowest BCUT2D eigenvalue weighted by atomic mass is 9.98. The van der Waals surface area contributed by atoms with Crippen molar-refractivity contribution in [1.82, 2.24) is 0 Å². The molecule has 0 aliphatic rings. The van der Waals surface area contributed by atoms with Crippen molar-refractivity contribution in [3.05, 3.63) is 175 Å². The largest absolute Gasteiger partial charge is 0.455 e. The van der Waals surface area contributed by atoms with E-state index in [9.17, 15) is 6.85 Å². The summed E-state index contributed by atoms with van der Waals surface area (Å²) in [7, 11) is 0. The summed E-state index contributed by atoms with van der Waals surface area (Å²) in [5.41, 5.74) is -1.35. The van der Waals surface area contributed by atoms with Crippen LogP contribution in [0.2, 0.25) is 0 Å². The van der Waals surface area contributed by atoms with Crippen LogP contribution in [0.4, 0.5) is 17.1 Å². The van der Waals surface area contributed by atoms with Gasteiger partial charge in [0.2, 0.25) is 0 Å². The Balaban J connectivity index is 1.29. The van der Waals surface area contributed by atoms with Crippen LogP contribution in [-0.4, -0.2) is 0 Å². The molecule has 230 valence electrons. The molecule has 0 N–H and O–H groups in total. The molecule has 0 spiro atoms. The third kappa shape index (κ3) is 4.55. The molecule has 2 nitrogen and oxygen atoms in total. The lowest BCUT2D eigenvalue weighted by Crippen LogP contribution is -2.10. The molecule has 3 heteroatoms. The first-order valence-corrected chi connectivity index (χ1v) is 15.9. The minimum absolute atomic E-state index is 0.0650. The van der Waals surface area contributed by atoms with Gasteiger partial charge in [0.15, 0.2) is 0 Å². The molecule has 10 rings (SSSR count). The van der Waals surface area contributed by atoms with Gasteiger partial charge in [-0.25, -0.2) is 0 Å². The molecule has 0 atom stereocenters. The SMILES string of the molecule is [2H]c1c([2H])c(N(c2ccc(-c3cccc4sc5ccccc5c34)cc2)c2c([2H])c([2H])c([2H])c3c([2H])c([2H])c([2H])c([2H])c23)c([2H])c([2H])c1-c1c([2H])c([2H])c([2H])c2c1oc1c([2H])c([2H])c([2H])c([2H])c12. The minimum atomic E-state index is -0.832. The van der Waals surface area contributed by atoms with Crippen LogP contribution < -0.4 is 4.90 Å². The number of nitrogens with zero attached hydrogens (tertiary/aromatic N) is 1. The summed E-state index contributed by atoms with van der Waals surface area (Å²) in [5.74, 6) is 0. The number of thiophene rings is 1. The summed E-state index contributed by atoms with van der Waals surface area (Å²) in [6, 6.07) is 7.38. The molecule has 10 aromatic rings. The second-order valence-electron chi connectivity index (χ2n) is 11.1. The van der Waals surface area contributed by atoms with Crippen molar-refractivity contribution in [3.63, 3.8) is 0 Å². The second kappa shape index (κ2) is 11.2. The Bertz CT molecular complexity index is 3830. The summed E-state index contributed by atoms with van der Waals surface area (Å²) in [5, 5.41) is 0.588. The maximum Gasteiger partial charge on any atom is 0.143 e. The van der Waals surface area contributed by atoms with Crippen LogP contribution in [-0.2, 0) is 0 Å². The number of hydrogen-bond donors (Lipinski definition) is 0. The maximum atomic E-state index is 9.62. The number of benzene rings is 8. The van der Waals surface area contributed by atoms with E-state index in [1.165, 1.54) is 0 Å². The molecule has 0 saturated carbocycles. The Hall–Kier alpha value is -6.16. The van der Waals surface area contributed by atoms with Crippen molar-refractivity contribution in [2.45, 2.75) is 0 Å². The van der Waals surface area contributed by atoms with Gasteiger partial charge in [-0.1, -0.05) is 127 Å². The molecular weight excluding hydrogens is 615 g/mol. The van der Waals surface area contributed by atoms with Crippen molar-refractivity contribution in [3.8, 4) is 22.3 Å². The molecule has 49 heavy (non-hydrogen) atoms. The fourth-order valence-electron chi connectivity index (χ4n) is 6.19. The van der Waals surface area contributed by atoms with Gasteiger partial charge in [0, 0.05) is 53.3 Å². The van der Waals surface area contributed by atoms with E-state index in [1.54, 1.807) is 35.6 Å². The monoisotopic (exact) mass is 661 g/mol. The Kier molecular flexibility index (Phi) is 3.52. The minimum Gasteiger partial charge on any atom is -0.455 e. The number of anilines is 3. The third-order valence-electron chi connectivity index (χ3n) is 8.38. The molecule has 2 aromatic heterocycles. The Morgan fingerprint density at radius 3 is 2.12 bits per heavy atom. The van der Waals surface area contributed by atoms with Crippen LogP contribution in [0.15, 0.2) is 180 Å². The maximum absolute atomic E-state index is 9.62. The zero-order valence-corrected chi connectivity index (χ0v) is 25.9. The van der Waals surface area contributed by atoms with E-state index in [0.29, 0.717) is 0 Å². The first-order chi connectivity index (χ1) is 31.8. The van der Waals surface area contributed by atoms with Crippen molar-refractivity contribution < 1.29 is 29.1 Å². The fraction of sp³-hybridized carbons (Fsp3) is 0. The standard InChI is InChI=1S/C46H29NOS/c1-2-12-35-30(10-1)11-7-18-41(35)47(33-26-22-31(23-27-33)36-15-9-21-44-45(36)40-14-4-6-20-43(40)49-44)34-28-24-32(25-29-34)37-16-8-17-39-38-13-3-5-19-42(38)48-46(37)39/h1-29H/i1D,2D,3D,5D,7D,8D,10D,11D,12D,13D,16D,17D,18D,19D,24D,25D,28D,29D. The molecule has 0 amide bonds. The molecule has 0 fully saturated rings. The van der Waals surface area contributed by atoms with E-state index in [1.807, 2.05) is 42.5 Å². The topological polar surface area (TPSA) is 16.4 Å². The predicted octanol–water partition coefficient (Wildman–Crippen LogP) is 13.9. The van der Waals surface area contributed by atoms with E-state index in [-0.39, 0.29) is 16.5 Å². The average molecular weight is 662 g/mol. The van der Waals surface area contributed by atoms with Crippen LogP contribution in [0.25, 0.3) is 75.1 Å². The van der Waals surface area contributed by atoms with Gasteiger partial charge in [0.1, 0.15) is 11.2 Å². The summed E-state index contributed by atoms with van der Waals surface area (Å²) in [4.78, 5) is 1.09. The second-order valence-corrected chi connectivity index (χ2v) is 12.2. The quantitative estimate of drug-likeness (QED) is 0.182. The number of rotatable bonds is 5. The van der Waals surface area contributed by atoms with Crippen LogP contribution in [0.3, 0.4) is 0 Å². The highest BCUT2D eigenvalue weighted by molar-refractivity contribution is 7.25. The number of furan rings is 1. The van der Waals surface area contributed by atoms with Gasteiger partial charge in [0.05, 0.1) is 30.4 Å². The zero-order valence-electron chi connectivity index (χ0n) is 43.1. The summed E-state index contributed by atoms with van der Waals surface area (Å²) >= 11 is 1.62. The third-order valence-corrected chi connectivity index (χ3v) is 9.51. The number of hydrogen-bond acceptors (Lipinski definition) is 3. The molecule has 8 aromatic carbocycles. The van der Waals surface area contributed by atoms with Crippen molar-refractivity contribution in [2.75, 3.05) is 4.90 Å². The Morgan fingerprint density at radius 1 is 0.490 bits per heavy atom. The molecule has 0 aliphatic carbocycles. The number of fused-ring (bicyclic) bond motifs is 7. The van der Waals surface area contributed by atoms with Crippen molar-refractivity contribution in [1.29, 1.82) is 0 Å². The lowest BCUT2D eigenvalue weighted by molar-refractivity contribution is 0.670. The summed E-state index contributed by atoms with van der Waals surface area (Å²) in [6.07, 6.45) is 0. The first-order valence-electron chi connectivity index (χ1n) is 24.1. The molecule has 0 aliphatic heterocycles. The average Bonchev–Trinajstić information content (AvgIpc) is 3.92. The van der Waals surface area contributed by atoms with Gasteiger partial charge in [-0.15, -0.1) is 11.3 Å². The van der Waals surface area contributed by atoms with Gasteiger partial charge in [0.25, 0.3) is 0 Å². The molecule has 0 radical (unpaired) electrons. The fourth-order valence-corrected chi connectivity index (χ4v) is 7.32. The smallest absolute Gasteiger partial charge is 0.143 e. The van der Waals surface area contributed by atoms with E-state index < -0.39 is 153 Å². The van der Waals surface area contributed by atoms with Gasteiger partial charge in [-0.2, -0.15) is 0 Å². The zero-order chi connectivity index (χ0) is 48.0. The predicted molar refractivity (Wildman–Crippen MR) is 210 cm³/mol. The van der Waals surface area contributed by atoms with E-state index in [0.717, 1.165) is 36.2 Å². The van der Waals surface area contributed by atoms with Crippen LogP contribution in [0, 0.1) is 0 Å². The van der Waals surface area contributed by atoms with Crippen molar-refractivity contribution in [2.24, 2.45) is 0 Å². The van der Waals surface area contributed by atoms with Crippen LogP contribution in [0.5, 0.6) is 0 Å². The van der Waals surface area contributed by atoms with E-state index in [4.69, 9.17) is 22.2 Å². The molecule has 0 bridgehead atoms. The normalized spacial score (nSPS) is 16.8. The van der Waals surface area contributed by atoms with Gasteiger partial charge >= 0.3 is 0 Å². The highest BCUT2D eigenvalue weighted by Gasteiger charge is 2.18. The van der Waals surface area contributed by atoms with Gasteiger partial charge < -0.3 is 9.32 Å². The highest BCUT2D eigenvalue weighted by Crippen LogP contribution is 2.43. The van der Waals surface area contributed by atoms with E-state index in [2.05, 4.69) is 0 Å². The lowest BCUT2D eigenvalue weighted by Gasteiger charge is -2.27. The summed E-state index contributed by atoms with van der Waals surface area (Å²) in [6.45, 7) is 0. The molecule has 2 heterocycles.